The summed E-state index contributed by atoms with van der Waals surface area (Å²) in [5, 5.41) is 0.612. The summed E-state index contributed by atoms with van der Waals surface area (Å²) in [6, 6.07) is 0. The fraction of sp³-hybridized carbons (Fsp3) is 0. The lowest BCUT2D eigenvalue weighted by Crippen LogP contribution is -1.84. The molecular formula is C5HCl3O2S. The normalized spacial score (nSPS) is 9.73. The lowest BCUT2D eigenvalue weighted by Gasteiger charge is -1.89. The summed E-state index contributed by atoms with van der Waals surface area (Å²) in [6.07, 6.45) is 0. The number of ether oxygens (including phenoxy) is 1. The smallest absolute Gasteiger partial charge is 0.299 e. The molecule has 0 atom stereocenters. The van der Waals surface area contributed by atoms with Crippen molar-refractivity contribution in [3.8, 4) is 5.06 Å². The fourth-order valence-corrected chi connectivity index (χ4v) is 2.02. The molecule has 60 valence electrons. The van der Waals surface area contributed by atoms with Crippen molar-refractivity contribution in [1.82, 2.24) is 0 Å². The first-order chi connectivity index (χ1) is 5.16. The Morgan fingerprint density at radius 3 is 2.27 bits per heavy atom. The maximum absolute atomic E-state index is 9.89. The van der Waals surface area contributed by atoms with E-state index < -0.39 is 0 Å². The highest BCUT2D eigenvalue weighted by Crippen LogP contribution is 2.45. The van der Waals surface area contributed by atoms with Gasteiger partial charge in [-0.1, -0.05) is 46.1 Å². The average molecular weight is 231 g/mol. The first-order valence-electron chi connectivity index (χ1n) is 2.40. The quantitative estimate of drug-likeness (QED) is 0.731. The van der Waals surface area contributed by atoms with Crippen molar-refractivity contribution in [2.75, 3.05) is 0 Å². The van der Waals surface area contributed by atoms with Crippen molar-refractivity contribution in [3.05, 3.63) is 14.4 Å². The van der Waals surface area contributed by atoms with Crippen LogP contribution in [0, 0.1) is 0 Å². The van der Waals surface area contributed by atoms with E-state index in [1.165, 1.54) is 0 Å². The Balaban J connectivity index is 3.07. The number of thiophene rings is 1. The van der Waals surface area contributed by atoms with Gasteiger partial charge in [-0.25, -0.2) is 0 Å². The Bertz CT molecular complexity index is 284. The molecule has 0 aliphatic rings. The topological polar surface area (TPSA) is 26.3 Å². The number of rotatable bonds is 2. The zero-order chi connectivity index (χ0) is 8.43. The fourth-order valence-electron chi connectivity index (χ4n) is 0.466. The summed E-state index contributed by atoms with van der Waals surface area (Å²) in [5.41, 5.74) is 0. The van der Waals surface area contributed by atoms with E-state index in [4.69, 9.17) is 34.8 Å². The second kappa shape index (κ2) is 3.63. The van der Waals surface area contributed by atoms with Crippen LogP contribution in [0.1, 0.15) is 0 Å². The van der Waals surface area contributed by atoms with E-state index >= 15 is 0 Å². The van der Waals surface area contributed by atoms with Crippen molar-refractivity contribution < 1.29 is 9.53 Å². The van der Waals surface area contributed by atoms with Crippen molar-refractivity contribution >= 4 is 52.6 Å². The average Bonchev–Trinajstić information content (AvgIpc) is 2.19. The standard InChI is InChI=1S/C5HCl3O2S/c6-2-3(7)5(10-1-9)11-4(2)8/h1H. The zero-order valence-electron chi connectivity index (χ0n) is 4.94. The third-order valence-corrected chi connectivity index (χ3v) is 3.33. The van der Waals surface area contributed by atoms with Crippen LogP contribution in [0.25, 0.3) is 0 Å². The molecule has 0 aromatic carbocycles. The van der Waals surface area contributed by atoms with Gasteiger partial charge in [0.2, 0.25) is 5.06 Å². The van der Waals surface area contributed by atoms with Gasteiger partial charge in [-0.3, -0.25) is 4.79 Å². The first-order valence-corrected chi connectivity index (χ1v) is 4.35. The van der Waals surface area contributed by atoms with E-state index in [-0.39, 0.29) is 21.6 Å². The van der Waals surface area contributed by atoms with Gasteiger partial charge in [0.05, 0.1) is 5.02 Å². The molecule has 2 nitrogen and oxygen atoms in total. The Kier molecular flexibility index (Phi) is 3.01. The Hall–Kier alpha value is 0.0400. The van der Waals surface area contributed by atoms with Gasteiger partial charge < -0.3 is 4.74 Å². The van der Waals surface area contributed by atoms with Crippen molar-refractivity contribution in [3.63, 3.8) is 0 Å². The molecule has 1 aromatic heterocycles. The first kappa shape index (κ1) is 9.13. The number of carbonyl (C=O) groups is 1. The SMILES string of the molecule is O=COc1sc(Cl)c(Cl)c1Cl. The van der Waals surface area contributed by atoms with Crippen LogP contribution < -0.4 is 4.74 Å². The lowest BCUT2D eigenvalue weighted by molar-refractivity contribution is -0.120. The molecule has 1 rings (SSSR count). The van der Waals surface area contributed by atoms with E-state index in [2.05, 4.69) is 4.74 Å². The van der Waals surface area contributed by atoms with Gasteiger partial charge in [-0.05, 0) is 0 Å². The van der Waals surface area contributed by atoms with Gasteiger partial charge in [0.25, 0.3) is 6.47 Å². The molecule has 0 fully saturated rings. The molecule has 0 radical (unpaired) electrons. The molecule has 0 amide bonds. The van der Waals surface area contributed by atoms with E-state index in [0.717, 1.165) is 11.3 Å². The predicted molar refractivity (Wildman–Crippen MR) is 46.0 cm³/mol. The van der Waals surface area contributed by atoms with Crippen molar-refractivity contribution in [2.45, 2.75) is 0 Å². The molecule has 11 heavy (non-hydrogen) atoms. The number of halogens is 3. The van der Waals surface area contributed by atoms with Gasteiger partial charge in [0.15, 0.2) is 0 Å². The molecule has 1 aromatic rings. The van der Waals surface area contributed by atoms with E-state index in [9.17, 15) is 4.79 Å². The van der Waals surface area contributed by atoms with Crippen LogP contribution in [0.5, 0.6) is 5.06 Å². The van der Waals surface area contributed by atoms with Gasteiger partial charge in [0, 0.05) is 0 Å². The second-order valence-electron chi connectivity index (χ2n) is 1.51. The highest BCUT2D eigenvalue weighted by atomic mass is 35.5. The minimum Gasteiger partial charge on any atom is -0.416 e. The molecule has 1 heterocycles. The van der Waals surface area contributed by atoms with E-state index in [1.807, 2.05) is 0 Å². The molecule has 0 saturated carbocycles. The summed E-state index contributed by atoms with van der Waals surface area (Å²) < 4.78 is 4.79. The second-order valence-corrected chi connectivity index (χ2v) is 3.85. The number of carbonyl (C=O) groups excluding carboxylic acids is 1. The third-order valence-electron chi connectivity index (χ3n) is 0.882. The zero-order valence-corrected chi connectivity index (χ0v) is 8.02. The summed E-state index contributed by atoms with van der Waals surface area (Å²) >= 11 is 17.8. The Morgan fingerprint density at radius 1 is 1.27 bits per heavy atom. The highest BCUT2D eigenvalue weighted by molar-refractivity contribution is 7.19. The monoisotopic (exact) mass is 230 g/mol. The predicted octanol–water partition coefficient (Wildman–Crippen LogP) is 3.24. The summed E-state index contributed by atoms with van der Waals surface area (Å²) in [4.78, 5) is 9.89. The third kappa shape index (κ3) is 1.79. The van der Waals surface area contributed by atoms with Gasteiger partial charge in [-0.2, -0.15) is 0 Å². The van der Waals surface area contributed by atoms with Crippen LogP contribution in [-0.2, 0) is 4.79 Å². The maximum Gasteiger partial charge on any atom is 0.299 e. The van der Waals surface area contributed by atoms with Crippen LogP contribution in [0.3, 0.4) is 0 Å². The molecule has 0 saturated heterocycles. The van der Waals surface area contributed by atoms with Crippen LogP contribution in [0.4, 0.5) is 0 Å². The lowest BCUT2D eigenvalue weighted by atomic mass is 10.6. The van der Waals surface area contributed by atoms with Crippen LogP contribution in [0.2, 0.25) is 14.4 Å². The van der Waals surface area contributed by atoms with Crippen LogP contribution in [0.15, 0.2) is 0 Å². The van der Waals surface area contributed by atoms with Crippen molar-refractivity contribution in [1.29, 1.82) is 0 Å². The number of hydrogen-bond donors (Lipinski definition) is 0. The minimum atomic E-state index is 0.175. The van der Waals surface area contributed by atoms with Gasteiger partial charge in [-0.15, -0.1) is 0 Å². The molecule has 0 aliphatic heterocycles. The summed E-state index contributed by atoms with van der Waals surface area (Å²) in [5.74, 6) is 0. The minimum absolute atomic E-state index is 0.175. The molecule has 0 spiro atoms. The molecule has 0 N–H and O–H groups in total. The van der Waals surface area contributed by atoms with Crippen LogP contribution >= 0.6 is 46.1 Å². The summed E-state index contributed by atoms with van der Waals surface area (Å²) in [6.45, 7) is 0.268. The molecule has 0 unspecified atom stereocenters. The van der Waals surface area contributed by atoms with Gasteiger partial charge >= 0.3 is 0 Å². The van der Waals surface area contributed by atoms with E-state index in [1.54, 1.807) is 0 Å². The van der Waals surface area contributed by atoms with Gasteiger partial charge in [0.1, 0.15) is 9.36 Å². The van der Waals surface area contributed by atoms with E-state index in [0.29, 0.717) is 4.34 Å². The highest BCUT2D eigenvalue weighted by Gasteiger charge is 2.14. The van der Waals surface area contributed by atoms with Crippen molar-refractivity contribution in [2.24, 2.45) is 0 Å². The number of hydrogen-bond acceptors (Lipinski definition) is 3. The largest absolute Gasteiger partial charge is 0.416 e. The summed E-state index contributed by atoms with van der Waals surface area (Å²) in [7, 11) is 0. The molecular weight excluding hydrogens is 230 g/mol. The molecule has 6 heteroatoms. The van der Waals surface area contributed by atoms with Crippen LogP contribution in [-0.4, -0.2) is 6.47 Å². The maximum atomic E-state index is 9.89. The molecule has 0 aliphatic carbocycles. The molecule has 0 bridgehead atoms. The Morgan fingerprint density at radius 2 is 1.91 bits per heavy atom. The Labute approximate surface area is 81.6 Å².